The van der Waals surface area contributed by atoms with Crippen molar-refractivity contribution < 1.29 is 9.90 Å². The lowest BCUT2D eigenvalue weighted by Crippen LogP contribution is -2.37. The van der Waals surface area contributed by atoms with E-state index in [1.54, 1.807) is 11.4 Å². The number of likely N-dealkylation sites (tertiary alicyclic amines) is 1. The highest BCUT2D eigenvalue weighted by Crippen LogP contribution is 2.16. The quantitative estimate of drug-likeness (QED) is 0.786. The van der Waals surface area contributed by atoms with Crippen LogP contribution in [0.4, 0.5) is 0 Å². The molecule has 106 valence electrons. The molecular weight excluding hydrogens is 260 g/mol. The third kappa shape index (κ3) is 4.60. The second-order valence-corrected chi connectivity index (χ2v) is 6.30. The van der Waals surface area contributed by atoms with Crippen molar-refractivity contribution in [2.75, 3.05) is 26.2 Å². The Hall–Kier alpha value is -0.910. The number of nitrogens with zero attached hydrogens (tertiary/aromatic N) is 1. The number of carbonyl (C=O) groups is 1. The summed E-state index contributed by atoms with van der Waals surface area (Å²) >= 11 is 1.51. The molecule has 1 aromatic heterocycles. The molecule has 2 heterocycles. The molecule has 1 fully saturated rings. The van der Waals surface area contributed by atoms with Crippen molar-refractivity contribution in [3.05, 3.63) is 21.9 Å². The number of piperidine rings is 1. The molecule has 0 atom stereocenters. The lowest BCUT2D eigenvalue weighted by Gasteiger charge is -2.30. The topological polar surface area (TPSA) is 52.6 Å². The number of carboxylic acids is 1. The summed E-state index contributed by atoms with van der Waals surface area (Å²) in [7, 11) is 0. The molecule has 0 spiro atoms. The number of carboxylic acid groups (broad SMARTS) is 1. The van der Waals surface area contributed by atoms with E-state index < -0.39 is 5.97 Å². The molecule has 0 radical (unpaired) electrons. The van der Waals surface area contributed by atoms with E-state index in [0.717, 1.165) is 30.4 Å². The first kappa shape index (κ1) is 14.5. The van der Waals surface area contributed by atoms with Crippen molar-refractivity contribution in [3.63, 3.8) is 0 Å². The van der Waals surface area contributed by atoms with E-state index in [4.69, 9.17) is 5.11 Å². The fourth-order valence-corrected chi connectivity index (χ4v) is 3.15. The zero-order valence-electron chi connectivity index (χ0n) is 11.4. The number of nitrogens with one attached hydrogen (secondary N) is 1. The zero-order valence-corrected chi connectivity index (χ0v) is 12.2. The second-order valence-electron chi connectivity index (χ2n) is 5.31. The molecule has 2 rings (SSSR count). The van der Waals surface area contributed by atoms with Gasteiger partial charge in [0, 0.05) is 29.9 Å². The summed E-state index contributed by atoms with van der Waals surface area (Å²) in [6, 6.07) is 1.75. The summed E-state index contributed by atoms with van der Waals surface area (Å²) in [5.41, 5.74) is 0.395. The first-order valence-corrected chi connectivity index (χ1v) is 7.77. The highest BCUT2D eigenvalue weighted by atomic mass is 32.1. The Balaban J connectivity index is 1.62. The maximum absolute atomic E-state index is 10.8. The third-order valence-corrected chi connectivity index (χ3v) is 4.62. The van der Waals surface area contributed by atoms with E-state index in [0.29, 0.717) is 5.56 Å². The fourth-order valence-electron chi connectivity index (χ4n) is 2.32. The van der Waals surface area contributed by atoms with Crippen LogP contribution in [0.25, 0.3) is 0 Å². The molecule has 0 aromatic carbocycles. The van der Waals surface area contributed by atoms with Crippen molar-refractivity contribution in [1.82, 2.24) is 10.2 Å². The lowest BCUT2D eigenvalue weighted by molar-refractivity contribution is 0.0697. The van der Waals surface area contributed by atoms with E-state index in [1.807, 2.05) is 0 Å². The van der Waals surface area contributed by atoms with Crippen LogP contribution in [0.15, 0.2) is 11.4 Å². The third-order valence-electron chi connectivity index (χ3n) is 3.68. The fraction of sp³-hybridized carbons (Fsp3) is 0.643. The van der Waals surface area contributed by atoms with Crippen LogP contribution in [0, 0.1) is 5.92 Å². The minimum absolute atomic E-state index is 0.395. The number of aromatic carboxylic acids is 1. The number of hydrogen-bond acceptors (Lipinski definition) is 4. The van der Waals surface area contributed by atoms with Gasteiger partial charge < -0.3 is 15.3 Å². The number of thiophene rings is 1. The van der Waals surface area contributed by atoms with Gasteiger partial charge in [-0.2, -0.15) is 0 Å². The van der Waals surface area contributed by atoms with Crippen molar-refractivity contribution in [3.8, 4) is 0 Å². The van der Waals surface area contributed by atoms with Gasteiger partial charge in [-0.1, -0.05) is 6.92 Å². The molecule has 0 saturated carbocycles. The summed E-state index contributed by atoms with van der Waals surface area (Å²) in [5.74, 6) is 0.0368. The van der Waals surface area contributed by atoms with Gasteiger partial charge in [0.1, 0.15) is 0 Å². The predicted octanol–water partition coefficient (Wildman–Crippen LogP) is 2.27. The van der Waals surface area contributed by atoms with Crippen molar-refractivity contribution in [2.45, 2.75) is 26.3 Å². The molecule has 0 unspecified atom stereocenters. The molecule has 1 aromatic rings. The largest absolute Gasteiger partial charge is 0.478 e. The van der Waals surface area contributed by atoms with Crippen LogP contribution in [0.2, 0.25) is 0 Å². The summed E-state index contributed by atoms with van der Waals surface area (Å²) in [4.78, 5) is 14.3. The van der Waals surface area contributed by atoms with Gasteiger partial charge in [-0.05, 0) is 37.9 Å². The van der Waals surface area contributed by atoms with Gasteiger partial charge in [-0.15, -0.1) is 11.3 Å². The number of rotatable bonds is 6. The summed E-state index contributed by atoms with van der Waals surface area (Å²) < 4.78 is 0. The van der Waals surface area contributed by atoms with Crippen molar-refractivity contribution >= 4 is 17.3 Å². The van der Waals surface area contributed by atoms with Crippen LogP contribution in [0.1, 0.15) is 35.0 Å². The molecule has 5 heteroatoms. The molecule has 4 nitrogen and oxygen atoms in total. The summed E-state index contributed by atoms with van der Waals surface area (Å²) in [6.07, 6.45) is 2.62. The van der Waals surface area contributed by atoms with Crippen molar-refractivity contribution in [2.24, 2.45) is 5.92 Å². The first-order chi connectivity index (χ1) is 9.15. The molecule has 1 aliphatic heterocycles. The van der Waals surface area contributed by atoms with Gasteiger partial charge in [0.05, 0.1) is 5.56 Å². The van der Waals surface area contributed by atoms with Crippen molar-refractivity contribution in [1.29, 1.82) is 0 Å². The van der Waals surface area contributed by atoms with Crippen LogP contribution in [0.5, 0.6) is 0 Å². The maximum Gasteiger partial charge on any atom is 0.336 e. The van der Waals surface area contributed by atoms with Crippen LogP contribution >= 0.6 is 11.3 Å². The average Bonchev–Trinajstić information content (AvgIpc) is 2.86. The minimum atomic E-state index is -0.843. The van der Waals surface area contributed by atoms with E-state index in [9.17, 15) is 4.79 Å². The SMILES string of the molecule is CC1CCN(CCNCc2cc(C(=O)O)cs2)CC1. The van der Waals surface area contributed by atoms with Gasteiger partial charge in [0.15, 0.2) is 0 Å². The number of hydrogen-bond donors (Lipinski definition) is 2. The monoisotopic (exact) mass is 282 g/mol. The predicted molar refractivity (Wildman–Crippen MR) is 77.8 cm³/mol. The lowest BCUT2D eigenvalue weighted by atomic mass is 9.99. The molecule has 19 heavy (non-hydrogen) atoms. The Morgan fingerprint density at radius 2 is 2.26 bits per heavy atom. The highest BCUT2D eigenvalue weighted by molar-refractivity contribution is 7.10. The molecule has 0 bridgehead atoms. The molecule has 0 amide bonds. The smallest absolute Gasteiger partial charge is 0.336 e. The summed E-state index contributed by atoms with van der Waals surface area (Å²) in [6.45, 7) is 7.57. The average molecular weight is 282 g/mol. The Morgan fingerprint density at radius 1 is 1.53 bits per heavy atom. The van der Waals surface area contributed by atoms with E-state index in [-0.39, 0.29) is 0 Å². The maximum atomic E-state index is 10.8. The Labute approximate surface area is 118 Å². The molecule has 0 aliphatic carbocycles. The highest BCUT2D eigenvalue weighted by Gasteiger charge is 2.14. The van der Waals surface area contributed by atoms with Gasteiger partial charge >= 0.3 is 5.97 Å². The Morgan fingerprint density at radius 3 is 2.89 bits per heavy atom. The van der Waals surface area contributed by atoms with Gasteiger partial charge in [-0.25, -0.2) is 4.79 Å². The molecule has 1 aliphatic rings. The molecule has 2 N–H and O–H groups in total. The van der Waals surface area contributed by atoms with Crippen LogP contribution in [-0.2, 0) is 6.54 Å². The van der Waals surface area contributed by atoms with Gasteiger partial charge in [0.25, 0.3) is 0 Å². The van der Waals surface area contributed by atoms with E-state index >= 15 is 0 Å². The van der Waals surface area contributed by atoms with Crippen LogP contribution in [-0.4, -0.2) is 42.2 Å². The van der Waals surface area contributed by atoms with Gasteiger partial charge in [0.2, 0.25) is 0 Å². The second kappa shape index (κ2) is 7.03. The van der Waals surface area contributed by atoms with Gasteiger partial charge in [-0.3, -0.25) is 0 Å². The van der Waals surface area contributed by atoms with Crippen LogP contribution in [0.3, 0.4) is 0 Å². The summed E-state index contributed by atoms with van der Waals surface area (Å²) in [5, 5.41) is 13.9. The Bertz CT molecular complexity index is 411. The Kier molecular flexibility index (Phi) is 5.36. The zero-order chi connectivity index (χ0) is 13.7. The van der Waals surface area contributed by atoms with Crippen LogP contribution < -0.4 is 5.32 Å². The normalized spacial score (nSPS) is 17.7. The standard InChI is InChI=1S/C14H22N2O2S/c1-11-2-5-16(6-3-11)7-4-15-9-13-8-12(10-19-13)14(17)18/h8,10-11,15H,2-7,9H2,1H3,(H,17,18). The molecule has 1 saturated heterocycles. The molecular formula is C14H22N2O2S. The van der Waals surface area contributed by atoms with E-state index in [1.165, 1.54) is 37.3 Å². The van der Waals surface area contributed by atoms with E-state index in [2.05, 4.69) is 17.1 Å². The minimum Gasteiger partial charge on any atom is -0.478 e. The first-order valence-electron chi connectivity index (χ1n) is 6.89.